The van der Waals surface area contributed by atoms with E-state index in [0.717, 1.165) is 30.0 Å². The number of aliphatic hydroxyl groups is 1. The molecule has 0 aromatic carbocycles. The van der Waals surface area contributed by atoms with Crippen molar-refractivity contribution in [3.8, 4) is 0 Å². The first-order chi connectivity index (χ1) is 8.78. The van der Waals surface area contributed by atoms with Gasteiger partial charge in [-0.15, -0.1) is 11.3 Å². The molecule has 1 saturated heterocycles. The zero-order valence-electron chi connectivity index (χ0n) is 9.95. The normalized spacial score (nSPS) is 20.8. The quantitative estimate of drug-likeness (QED) is 0.888. The van der Waals surface area contributed by atoms with Crippen molar-refractivity contribution in [2.75, 3.05) is 13.2 Å². The number of hydrogen-bond donors (Lipinski definition) is 1. The molecule has 1 aliphatic rings. The maximum absolute atomic E-state index is 11.8. The fourth-order valence-electron chi connectivity index (χ4n) is 2.49. The third-order valence-corrected chi connectivity index (χ3v) is 4.19. The SMILES string of the molecule is O=c1cc(CN2CCCC2CO)nc2sccn12. The smallest absolute Gasteiger partial charge is 0.258 e. The molecule has 0 bridgehead atoms. The molecular weight excluding hydrogens is 250 g/mol. The van der Waals surface area contributed by atoms with Crippen molar-refractivity contribution in [3.63, 3.8) is 0 Å². The summed E-state index contributed by atoms with van der Waals surface area (Å²) in [5, 5.41) is 11.1. The Morgan fingerprint density at radius 1 is 1.56 bits per heavy atom. The van der Waals surface area contributed by atoms with Gasteiger partial charge in [0.05, 0.1) is 12.3 Å². The van der Waals surface area contributed by atoms with Gasteiger partial charge in [0.25, 0.3) is 5.56 Å². The van der Waals surface area contributed by atoms with E-state index in [9.17, 15) is 9.90 Å². The molecule has 1 unspecified atom stereocenters. The molecule has 3 heterocycles. The van der Waals surface area contributed by atoms with Crippen LogP contribution in [-0.2, 0) is 6.54 Å². The molecule has 0 radical (unpaired) electrons. The van der Waals surface area contributed by atoms with Gasteiger partial charge in [-0.25, -0.2) is 4.98 Å². The first-order valence-corrected chi connectivity index (χ1v) is 6.96. The van der Waals surface area contributed by atoms with Crippen molar-refractivity contribution in [2.45, 2.75) is 25.4 Å². The van der Waals surface area contributed by atoms with Gasteiger partial charge in [-0.3, -0.25) is 14.1 Å². The second kappa shape index (κ2) is 4.79. The van der Waals surface area contributed by atoms with E-state index < -0.39 is 0 Å². The van der Waals surface area contributed by atoms with Gasteiger partial charge in [0, 0.05) is 30.2 Å². The monoisotopic (exact) mass is 265 g/mol. The Morgan fingerprint density at radius 3 is 3.28 bits per heavy atom. The van der Waals surface area contributed by atoms with Gasteiger partial charge in [-0.1, -0.05) is 0 Å². The van der Waals surface area contributed by atoms with E-state index in [2.05, 4.69) is 9.88 Å². The topological polar surface area (TPSA) is 57.8 Å². The van der Waals surface area contributed by atoms with Crippen LogP contribution in [0.1, 0.15) is 18.5 Å². The Bertz CT molecular complexity index is 607. The van der Waals surface area contributed by atoms with Crippen molar-refractivity contribution in [1.82, 2.24) is 14.3 Å². The van der Waals surface area contributed by atoms with Crippen LogP contribution in [-0.4, -0.2) is 38.6 Å². The molecule has 1 N–H and O–H groups in total. The third-order valence-electron chi connectivity index (χ3n) is 3.43. The first kappa shape index (κ1) is 11.8. The van der Waals surface area contributed by atoms with E-state index >= 15 is 0 Å². The highest BCUT2D eigenvalue weighted by Crippen LogP contribution is 2.19. The van der Waals surface area contributed by atoms with Crippen molar-refractivity contribution in [2.24, 2.45) is 0 Å². The number of thiazole rings is 1. The zero-order valence-corrected chi connectivity index (χ0v) is 10.8. The van der Waals surface area contributed by atoms with E-state index in [0.29, 0.717) is 6.54 Å². The summed E-state index contributed by atoms with van der Waals surface area (Å²) in [5.74, 6) is 0. The Labute approximate surface area is 108 Å². The Balaban J connectivity index is 1.88. The number of hydrogen-bond acceptors (Lipinski definition) is 5. The second-order valence-corrected chi connectivity index (χ2v) is 5.46. The molecule has 1 fully saturated rings. The minimum Gasteiger partial charge on any atom is -0.395 e. The zero-order chi connectivity index (χ0) is 12.5. The van der Waals surface area contributed by atoms with Gasteiger partial charge < -0.3 is 5.11 Å². The summed E-state index contributed by atoms with van der Waals surface area (Å²) in [6.07, 6.45) is 3.87. The molecule has 5 nitrogen and oxygen atoms in total. The summed E-state index contributed by atoms with van der Waals surface area (Å²) in [7, 11) is 0. The minimum atomic E-state index is -0.0315. The van der Waals surface area contributed by atoms with Crippen LogP contribution in [0.3, 0.4) is 0 Å². The van der Waals surface area contributed by atoms with Crippen LogP contribution in [0.4, 0.5) is 0 Å². The molecule has 0 aliphatic carbocycles. The largest absolute Gasteiger partial charge is 0.395 e. The highest BCUT2D eigenvalue weighted by Gasteiger charge is 2.24. The van der Waals surface area contributed by atoms with Gasteiger partial charge >= 0.3 is 0 Å². The predicted octanol–water partition coefficient (Wildman–Crippen LogP) is 0.713. The van der Waals surface area contributed by atoms with Crippen LogP contribution in [0.15, 0.2) is 22.4 Å². The van der Waals surface area contributed by atoms with E-state index in [1.807, 2.05) is 5.38 Å². The first-order valence-electron chi connectivity index (χ1n) is 6.08. The Kier molecular flexibility index (Phi) is 3.15. The fraction of sp³-hybridized carbons (Fsp3) is 0.500. The van der Waals surface area contributed by atoms with Crippen LogP contribution < -0.4 is 5.56 Å². The molecule has 3 rings (SSSR count). The molecule has 6 heteroatoms. The number of aliphatic hydroxyl groups excluding tert-OH is 1. The van der Waals surface area contributed by atoms with Crippen molar-refractivity contribution in [1.29, 1.82) is 0 Å². The van der Waals surface area contributed by atoms with Crippen LogP contribution in [0.2, 0.25) is 0 Å². The molecule has 2 aromatic rings. The summed E-state index contributed by atoms with van der Waals surface area (Å²) in [6, 6.07) is 1.81. The molecule has 0 saturated carbocycles. The lowest BCUT2D eigenvalue weighted by atomic mass is 10.2. The molecule has 1 aliphatic heterocycles. The number of nitrogens with zero attached hydrogens (tertiary/aromatic N) is 3. The molecule has 0 amide bonds. The van der Waals surface area contributed by atoms with Gasteiger partial charge in [0.2, 0.25) is 0 Å². The minimum absolute atomic E-state index is 0.0315. The van der Waals surface area contributed by atoms with Crippen LogP contribution in [0, 0.1) is 0 Å². The second-order valence-electron chi connectivity index (χ2n) is 4.59. The van der Waals surface area contributed by atoms with E-state index in [-0.39, 0.29) is 18.2 Å². The molecule has 2 aromatic heterocycles. The molecule has 0 spiro atoms. The highest BCUT2D eigenvalue weighted by molar-refractivity contribution is 7.15. The summed E-state index contributed by atoms with van der Waals surface area (Å²) < 4.78 is 1.56. The van der Waals surface area contributed by atoms with Crippen LogP contribution in [0.25, 0.3) is 4.96 Å². The molecule has 18 heavy (non-hydrogen) atoms. The lowest BCUT2D eigenvalue weighted by Crippen LogP contribution is -2.32. The van der Waals surface area contributed by atoms with Gasteiger partial charge in [-0.05, 0) is 19.4 Å². The standard InChI is InChI=1S/C12H15N3O2S/c16-8-10-2-1-3-14(10)7-9-6-11(17)15-4-5-18-12(15)13-9/h4-6,10,16H,1-3,7-8H2. The summed E-state index contributed by atoms with van der Waals surface area (Å²) in [4.78, 5) is 19.3. The summed E-state index contributed by atoms with van der Waals surface area (Å²) >= 11 is 1.46. The van der Waals surface area contributed by atoms with Crippen LogP contribution >= 0.6 is 11.3 Å². The van der Waals surface area contributed by atoms with Crippen molar-refractivity contribution < 1.29 is 5.11 Å². The summed E-state index contributed by atoms with van der Waals surface area (Å²) in [6.45, 7) is 1.80. The van der Waals surface area contributed by atoms with E-state index in [1.165, 1.54) is 11.3 Å². The maximum Gasteiger partial charge on any atom is 0.258 e. The van der Waals surface area contributed by atoms with E-state index in [1.54, 1.807) is 16.7 Å². The summed E-state index contributed by atoms with van der Waals surface area (Å²) in [5.41, 5.74) is 0.763. The average Bonchev–Trinajstić information content (AvgIpc) is 2.97. The van der Waals surface area contributed by atoms with Crippen molar-refractivity contribution >= 4 is 16.3 Å². The van der Waals surface area contributed by atoms with E-state index in [4.69, 9.17) is 0 Å². The van der Waals surface area contributed by atoms with Gasteiger partial charge in [0.15, 0.2) is 4.96 Å². The number of fused-ring (bicyclic) bond motifs is 1. The molecular formula is C12H15N3O2S. The Morgan fingerprint density at radius 2 is 2.44 bits per heavy atom. The molecule has 1 atom stereocenters. The molecule has 96 valence electrons. The van der Waals surface area contributed by atoms with Gasteiger partial charge in [-0.2, -0.15) is 0 Å². The Hall–Kier alpha value is -1.24. The maximum atomic E-state index is 11.8. The van der Waals surface area contributed by atoms with Crippen LogP contribution in [0.5, 0.6) is 0 Å². The lowest BCUT2D eigenvalue weighted by molar-refractivity contribution is 0.152. The highest BCUT2D eigenvalue weighted by atomic mass is 32.1. The average molecular weight is 265 g/mol. The van der Waals surface area contributed by atoms with Gasteiger partial charge in [0.1, 0.15) is 0 Å². The number of aromatic nitrogens is 2. The number of rotatable bonds is 3. The lowest BCUT2D eigenvalue weighted by Gasteiger charge is -2.21. The number of likely N-dealkylation sites (tertiary alicyclic amines) is 1. The third kappa shape index (κ3) is 2.07. The van der Waals surface area contributed by atoms with Crippen molar-refractivity contribution in [3.05, 3.63) is 33.7 Å². The fourth-order valence-corrected chi connectivity index (χ4v) is 3.23. The predicted molar refractivity (Wildman–Crippen MR) is 69.9 cm³/mol.